The lowest BCUT2D eigenvalue weighted by molar-refractivity contribution is -0.130. The molecule has 2 aromatic carbocycles. The van der Waals surface area contributed by atoms with Crippen LogP contribution in [0.25, 0.3) is 0 Å². The molecule has 1 aliphatic rings. The topological polar surface area (TPSA) is 99.5 Å². The van der Waals surface area contributed by atoms with Crippen LogP contribution in [0.2, 0.25) is 0 Å². The number of hydrogen-bond acceptors (Lipinski definition) is 5. The normalized spacial score (nSPS) is 15.4. The third kappa shape index (κ3) is 5.43. The van der Waals surface area contributed by atoms with Crippen LogP contribution in [-0.2, 0) is 21.4 Å². The SMILES string of the molecule is CC(C)C(Oc1ccccc1C#N)C(=O)NCc1ccc(S(=O)(=O)N2CCCC2)cc1. The van der Waals surface area contributed by atoms with Gasteiger partial charge in [-0.05, 0) is 48.6 Å². The number of carbonyl (C=O) groups excluding carboxylic acids is 1. The van der Waals surface area contributed by atoms with Gasteiger partial charge in [-0.15, -0.1) is 0 Å². The molecule has 1 heterocycles. The minimum absolute atomic E-state index is 0.111. The van der Waals surface area contributed by atoms with E-state index in [2.05, 4.69) is 11.4 Å². The van der Waals surface area contributed by atoms with E-state index in [-0.39, 0.29) is 23.3 Å². The zero-order chi connectivity index (χ0) is 22.4. The van der Waals surface area contributed by atoms with Gasteiger partial charge in [-0.1, -0.05) is 38.1 Å². The van der Waals surface area contributed by atoms with Gasteiger partial charge in [0, 0.05) is 19.6 Å². The van der Waals surface area contributed by atoms with Crippen molar-refractivity contribution in [3.8, 4) is 11.8 Å². The van der Waals surface area contributed by atoms with Crippen molar-refractivity contribution in [1.82, 2.24) is 9.62 Å². The molecule has 1 aliphatic heterocycles. The number of benzene rings is 2. The van der Waals surface area contributed by atoms with Crippen LogP contribution in [0.4, 0.5) is 0 Å². The Hall–Kier alpha value is -2.89. The van der Waals surface area contributed by atoms with E-state index in [1.54, 1.807) is 48.5 Å². The predicted octanol–water partition coefficient (Wildman–Crippen LogP) is 3.06. The fraction of sp³-hybridized carbons (Fsp3) is 0.391. The Balaban J connectivity index is 1.64. The first kappa shape index (κ1) is 22.8. The fourth-order valence-electron chi connectivity index (χ4n) is 3.44. The Bertz CT molecular complexity index is 1050. The van der Waals surface area contributed by atoms with E-state index in [1.807, 2.05) is 13.8 Å². The van der Waals surface area contributed by atoms with Gasteiger partial charge in [0.05, 0.1) is 10.5 Å². The first-order valence-corrected chi connectivity index (χ1v) is 11.8. The number of para-hydroxylation sites is 1. The van der Waals surface area contributed by atoms with Gasteiger partial charge in [-0.2, -0.15) is 9.57 Å². The summed E-state index contributed by atoms with van der Waals surface area (Å²) < 4.78 is 32.6. The summed E-state index contributed by atoms with van der Waals surface area (Å²) in [6.07, 6.45) is 1.02. The second-order valence-corrected chi connectivity index (χ2v) is 9.80. The van der Waals surface area contributed by atoms with Crippen molar-refractivity contribution >= 4 is 15.9 Å². The smallest absolute Gasteiger partial charge is 0.261 e. The number of hydrogen-bond donors (Lipinski definition) is 1. The van der Waals surface area contributed by atoms with E-state index in [4.69, 9.17) is 4.74 Å². The molecule has 0 spiro atoms. The van der Waals surface area contributed by atoms with E-state index in [0.717, 1.165) is 18.4 Å². The number of nitrogens with one attached hydrogen (secondary N) is 1. The Labute approximate surface area is 183 Å². The van der Waals surface area contributed by atoms with Gasteiger partial charge in [0.2, 0.25) is 10.0 Å². The van der Waals surface area contributed by atoms with Crippen molar-refractivity contribution in [2.45, 2.75) is 44.2 Å². The van der Waals surface area contributed by atoms with Crippen LogP contribution in [0, 0.1) is 17.2 Å². The Kier molecular flexibility index (Phi) is 7.31. The van der Waals surface area contributed by atoms with Gasteiger partial charge in [0.15, 0.2) is 6.10 Å². The summed E-state index contributed by atoms with van der Waals surface area (Å²) in [5.74, 6) is -0.0356. The van der Waals surface area contributed by atoms with Crippen molar-refractivity contribution in [3.63, 3.8) is 0 Å². The summed E-state index contributed by atoms with van der Waals surface area (Å²) in [4.78, 5) is 13.0. The number of nitriles is 1. The van der Waals surface area contributed by atoms with Gasteiger partial charge in [-0.3, -0.25) is 4.79 Å². The van der Waals surface area contributed by atoms with E-state index in [9.17, 15) is 18.5 Å². The molecule has 0 radical (unpaired) electrons. The molecule has 31 heavy (non-hydrogen) atoms. The lowest BCUT2D eigenvalue weighted by Gasteiger charge is -2.22. The molecule has 1 fully saturated rings. The second-order valence-electron chi connectivity index (χ2n) is 7.86. The maximum Gasteiger partial charge on any atom is 0.261 e. The molecular weight excluding hydrogens is 414 g/mol. The summed E-state index contributed by atoms with van der Waals surface area (Å²) in [5, 5.41) is 12.1. The molecule has 1 N–H and O–H groups in total. The van der Waals surface area contributed by atoms with Crippen LogP contribution in [0.15, 0.2) is 53.4 Å². The molecule has 1 unspecified atom stereocenters. The molecule has 0 saturated carbocycles. The van der Waals surface area contributed by atoms with Crippen LogP contribution in [0.3, 0.4) is 0 Å². The highest BCUT2D eigenvalue weighted by molar-refractivity contribution is 7.89. The predicted molar refractivity (Wildman–Crippen MR) is 117 cm³/mol. The Morgan fingerprint density at radius 1 is 1.13 bits per heavy atom. The zero-order valence-corrected chi connectivity index (χ0v) is 18.6. The van der Waals surface area contributed by atoms with Gasteiger partial charge in [-0.25, -0.2) is 8.42 Å². The minimum atomic E-state index is -3.45. The van der Waals surface area contributed by atoms with Gasteiger partial charge >= 0.3 is 0 Å². The van der Waals surface area contributed by atoms with Crippen molar-refractivity contribution in [2.75, 3.05) is 13.1 Å². The van der Waals surface area contributed by atoms with E-state index in [0.29, 0.717) is 24.4 Å². The van der Waals surface area contributed by atoms with Crippen LogP contribution < -0.4 is 10.1 Å². The van der Waals surface area contributed by atoms with Crippen molar-refractivity contribution < 1.29 is 17.9 Å². The molecule has 2 aromatic rings. The minimum Gasteiger partial charge on any atom is -0.479 e. The second kappa shape index (κ2) is 9.94. The maximum absolute atomic E-state index is 12.7. The summed E-state index contributed by atoms with van der Waals surface area (Å²) in [5.41, 5.74) is 1.16. The molecule has 0 aliphatic carbocycles. The van der Waals surface area contributed by atoms with Crippen LogP contribution in [0.1, 0.15) is 37.8 Å². The molecular formula is C23H27N3O4S. The number of amides is 1. The third-order valence-electron chi connectivity index (χ3n) is 5.22. The fourth-order valence-corrected chi connectivity index (χ4v) is 4.95. The molecule has 3 rings (SSSR count). The van der Waals surface area contributed by atoms with Gasteiger partial charge in [0.25, 0.3) is 5.91 Å². The monoisotopic (exact) mass is 441 g/mol. The molecule has 0 aromatic heterocycles. The highest BCUT2D eigenvalue weighted by atomic mass is 32.2. The van der Waals surface area contributed by atoms with E-state index >= 15 is 0 Å². The van der Waals surface area contributed by atoms with Crippen LogP contribution in [0.5, 0.6) is 5.75 Å². The summed E-state index contributed by atoms with van der Waals surface area (Å²) in [6, 6.07) is 15.4. The van der Waals surface area contributed by atoms with Crippen LogP contribution in [-0.4, -0.2) is 37.8 Å². The van der Waals surface area contributed by atoms with Gasteiger partial charge < -0.3 is 10.1 Å². The van der Waals surface area contributed by atoms with Crippen molar-refractivity contribution in [3.05, 3.63) is 59.7 Å². The number of rotatable bonds is 8. The molecule has 8 heteroatoms. The number of carbonyl (C=O) groups is 1. The quantitative estimate of drug-likeness (QED) is 0.679. The first-order chi connectivity index (χ1) is 14.8. The number of nitrogens with zero attached hydrogens (tertiary/aromatic N) is 2. The summed E-state index contributed by atoms with van der Waals surface area (Å²) in [7, 11) is -3.45. The molecule has 1 amide bonds. The van der Waals surface area contributed by atoms with E-state index in [1.165, 1.54) is 4.31 Å². The largest absolute Gasteiger partial charge is 0.479 e. The summed E-state index contributed by atoms with van der Waals surface area (Å²) in [6.45, 7) is 5.11. The standard InChI is InChI=1S/C23H27N3O4S/c1-17(2)22(30-21-8-4-3-7-19(21)15-24)23(27)25-16-18-9-11-20(12-10-18)31(28,29)26-13-5-6-14-26/h3-4,7-12,17,22H,5-6,13-14,16H2,1-2H3,(H,25,27). The lowest BCUT2D eigenvalue weighted by atomic mass is 10.1. The van der Waals surface area contributed by atoms with Crippen LogP contribution >= 0.6 is 0 Å². The molecule has 1 saturated heterocycles. The lowest BCUT2D eigenvalue weighted by Crippen LogP contribution is -2.41. The third-order valence-corrected chi connectivity index (χ3v) is 7.13. The average Bonchev–Trinajstić information content (AvgIpc) is 3.32. The first-order valence-electron chi connectivity index (χ1n) is 10.4. The number of sulfonamides is 1. The Morgan fingerprint density at radius 3 is 2.39 bits per heavy atom. The molecule has 0 bridgehead atoms. The highest BCUT2D eigenvalue weighted by Crippen LogP contribution is 2.22. The number of ether oxygens (including phenoxy) is 1. The molecule has 1 atom stereocenters. The Morgan fingerprint density at radius 2 is 1.77 bits per heavy atom. The molecule has 164 valence electrons. The van der Waals surface area contributed by atoms with E-state index < -0.39 is 16.1 Å². The zero-order valence-electron chi connectivity index (χ0n) is 17.7. The average molecular weight is 442 g/mol. The van der Waals surface area contributed by atoms with Crippen molar-refractivity contribution in [1.29, 1.82) is 5.26 Å². The summed E-state index contributed by atoms with van der Waals surface area (Å²) >= 11 is 0. The highest BCUT2D eigenvalue weighted by Gasteiger charge is 2.27. The maximum atomic E-state index is 12.7. The molecule has 7 nitrogen and oxygen atoms in total. The van der Waals surface area contributed by atoms with Gasteiger partial charge in [0.1, 0.15) is 11.8 Å². The van der Waals surface area contributed by atoms with Crippen molar-refractivity contribution in [2.24, 2.45) is 5.92 Å².